The van der Waals surface area contributed by atoms with E-state index in [0.717, 1.165) is 39.0 Å². The fourth-order valence-corrected chi connectivity index (χ4v) is 2.19. The van der Waals surface area contributed by atoms with Crippen LogP contribution in [-0.4, -0.2) is 19.8 Å². The first kappa shape index (κ1) is 16.8. The lowest BCUT2D eigenvalue weighted by atomic mass is 10.0. The Morgan fingerprint density at radius 2 is 1.89 bits per heavy atom. The Morgan fingerprint density at radius 1 is 1.11 bits per heavy atom. The summed E-state index contributed by atoms with van der Waals surface area (Å²) < 4.78 is 5.57. The third kappa shape index (κ3) is 6.13. The van der Waals surface area contributed by atoms with Crippen molar-refractivity contribution in [3.8, 4) is 0 Å². The van der Waals surface area contributed by atoms with Crippen molar-refractivity contribution < 1.29 is 4.74 Å². The van der Waals surface area contributed by atoms with Crippen LogP contribution in [0.5, 0.6) is 0 Å². The van der Waals surface area contributed by atoms with E-state index < -0.39 is 0 Å². The van der Waals surface area contributed by atoms with Gasteiger partial charge in [0.25, 0.3) is 0 Å². The van der Waals surface area contributed by atoms with Crippen molar-refractivity contribution in [2.45, 2.75) is 39.2 Å². The first-order valence-corrected chi connectivity index (χ1v) is 7.70. The first-order chi connectivity index (χ1) is 9.19. The Morgan fingerprint density at radius 3 is 2.53 bits per heavy atom. The Balaban J connectivity index is 2.63. The number of rotatable bonds is 9. The van der Waals surface area contributed by atoms with E-state index >= 15 is 0 Å². The molecule has 4 heteroatoms. The summed E-state index contributed by atoms with van der Waals surface area (Å²) in [7, 11) is 0. The summed E-state index contributed by atoms with van der Waals surface area (Å²) in [6.45, 7) is 6.84. The molecule has 1 aromatic carbocycles. The van der Waals surface area contributed by atoms with Gasteiger partial charge in [0.15, 0.2) is 0 Å². The van der Waals surface area contributed by atoms with Crippen LogP contribution in [0.15, 0.2) is 18.2 Å². The van der Waals surface area contributed by atoms with Crippen molar-refractivity contribution in [2.24, 2.45) is 0 Å². The summed E-state index contributed by atoms with van der Waals surface area (Å²) in [6.07, 6.45) is 3.10. The van der Waals surface area contributed by atoms with E-state index in [2.05, 4.69) is 19.2 Å². The lowest BCUT2D eigenvalue weighted by molar-refractivity contribution is 0.124. The van der Waals surface area contributed by atoms with Gasteiger partial charge in [0.05, 0.1) is 10.0 Å². The van der Waals surface area contributed by atoms with Crippen LogP contribution in [0.25, 0.3) is 0 Å². The van der Waals surface area contributed by atoms with Crippen molar-refractivity contribution >= 4 is 23.2 Å². The molecular weight excluding hydrogens is 281 g/mol. The fraction of sp³-hybridized carbons (Fsp3) is 0.600. The van der Waals surface area contributed by atoms with Gasteiger partial charge in [0, 0.05) is 19.3 Å². The molecule has 0 spiro atoms. The highest BCUT2D eigenvalue weighted by Crippen LogP contribution is 2.27. The van der Waals surface area contributed by atoms with Gasteiger partial charge in [0.2, 0.25) is 0 Å². The fourth-order valence-electron chi connectivity index (χ4n) is 1.88. The predicted molar refractivity (Wildman–Crippen MR) is 83.2 cm³/mol. The van der Waals surface area contributed by atoms with Crippen molar-refractivity contribution in [3.05, 3.63) is 33.8 Å². The molecule has 0 bridgehead atoms. The molecule has 0 aliphatic rings. The summed E-state index contributed by atoms with van der Waals surface area (Å²) >= 11 is 12.0. The van der Waals surface area contributed by atoms with Crippen molar-refractivity contribution in [1.82, 2.24) is 5.32 Å². The van der Waals surface area contributed by atoms with Crippen LogP contribution in [-0.2, 0) is 4.74 Å². The van der Waals surface area contributed by atoms with Crippen molar-refractivity contribution in [1.29, 1.82) is 0 Å². The lowest BCUT2D eigenvalue weighted by Gasteiger charge is -2.19. The normalized spacial score (nSPS) is 12.6. The highest BCUT2D eigenvalue weighted by atomic mass is 35.5. The minimum absolute atomic E-state index is 0.270. The van der Waals surface area contributed by atoms with Crippen molar-refractivity contribution in [2.75, 3.05) is 19.8 Å². The minimum Gasteiger partial charge on any atom is -0.381 e. The van der Waals surface area contributed by atoms with Crippen LogP contribution in [0, 0.1) is 0 Å². The summed E-state index contributed by atoms with van der Waals surface area (Å²) in [5.74, 6) is 0. The smallest absolute Gasteiger partial charge is 0.0595 e. The van der Waals surface area contributed by atoms with Crippen LogP contribution in [0.1, 0.15) is 44.7 Å². The molecule has 0 saturated carbocycles. The largest absolute Gasteiger partial charge is 0.381 e. The molecule has 2 nitrogen and oxygen atoms in total. The monoisotopic (exact) mass is 303 g/mol. The van der Waals surface area contributed by atoms with Crippen LogP contribution in [0.2, 0.25) is 10.0 Å². The average Bonchev–Trinajstić information content (AvgIpc) is 2.41. The molecule has 0 heterocycles. The maximum absolute atomic E-state index is 6.08. The van der Waals surface area contributed by atoms with Gasteiger partial charge in [-0.1, -0.05) is 43.1 Å². The maximum atomic E-state index is 6.08. The molecule has 108 valence electrons. The third-order valence-electron chi connectivity index (χ3n) is 2.89. The molecule has 0 aliphatic heterocycles. The quantitative estimate of drug-likeness (QED) is 0.658. The Bertz CT molecular complexity index is 371. The first-order valence-electron chi connectivity index (χ1n) is 6.95. The molecule has 0 aliphatic carbocycles. The molecule has 19 heavy (non-hydrogen) atoms. The molecule has 1 unspecified atom stereocenters. The molecule has 1 aromatic rings. The Hall–Kier alpha value is -0.280. The molecule has 0 fully saturated rings. The molecule has 0 amide bonds. The van der Waals surface area contributed by atoms with Gasteiger partial charge in [-0.05, 0) is 43.5 Å². The Labute approximate surface area is 126 Å². The summed E-state index contributed by atoms with van der Waals surface area (Å²) in [5, 5.41) is 4.73. The molecule has 1 N–H and O–H groups in total. The number of ether oxygens (including phenoxy) is 1. The number of halogens is 2. The van der Waals surface area contributed by atoms with Crippen LogP contribution in [0.4, 0.5) is 0 Å². The van der Waals surface area contributed by atoms with Gasteiger partial charge in [-0.3, -0.25) is 0 Å². The van der Waals surface area contributed by atoms with E-state index in [-0.39, 0.29) is 6.04 Å². The van der Waals surface area contributed by atoms with E-state index in [4.69, 9.17) is 27.9 Å². The van der Waals surface area contributed by atoms with E-state index in [9.17, 15) is 0 Å². The Kier molecular flexibility index (Phi) is 8.47. The highest BCUT2D eigenvalue weighted by molar-refractivity contribution is 6.42. The molecular formula is C15H23Cl2NO. The third-order valence-corrected chi connectivity index (χ3v) is 3.63. The highest BCUT2D eigenvalue weighted by Gasteiger charge is 2.12. The predicted octanol–water partition coefficient (Wildman–Crippen LogP) is 4.85. The van der Waals surface area contributed by atoms with Crippen LogP contribution < -0.4 is 5.32 Å². The summed E-state index contributed by atoms with van der Waals surface area (Å²) in [6, 6.07) is 6.09. The molecule has 1 rings (SSSR count). The average molecular weight is 304 g/mol. The van der Waals surface area contributed by atoms with Gasteiger partial charge < -0.3 is 10.1 Å². The van der Waals surface area contributed by atoms with E-state index in [1.165, 1.54) is 5.56 Å². The number of hydrogen-bond donors (Lipinski definition) is 1. The zero-order chi connectivity index (χ0) is 14.1. The van der Waals surface area contributed by atoms with Gasteiger partial charge in [0.1, 0.15) is 0 Å². The summed E-state index contributed by atoms with van der Waals surface area (Å²) in [4.78, 5) is 0. The van der Waals surface area contributed by atoms with Gasteiger partial charge in [-0.2, -0.15) is 0 Å². The van der Waals surface area contributed by atoms with E-state index in [1.807, 2.05) is 18.2 Å². The van der Waals surface area contributed by atoms with Gasteiger partial charge in [-0.25, -0.2) is 0 Å². The maximum Gasteiger partial charge on any atom is 0.0595 e. The second-order valence-electron chi connectivity index (χ2n) is 4.58. The topological polar surface area (TPSA) is 21.3 Å². The minimum atomic E-state index is 0.270. The standard InChI is InChI=1S/C15H23Cl2NO/c1-3-8-18-15(7-10-19-9-4-2)12-5-6-13(16)14(17)11-12/h5-6,11,15,18H,3-4,7-10H2,1-2H3. The second kappa shape index (κ2) is 9.60. The van der Waals surface area contributed by atoms with Crippen LogP contribution >= 0.6 is 23.2 Å². The SMILES string of the molecule is CCCNC(CCOCCC)c1ccc(Cl)c(Cl)c1. The zero-order valence-corrected chi connectivity index (χ0v) is 13.2. The second-order valence-corrected chi connectivity index (χ2v) is 5.40. The van der Waals surface area contributed by atoms with Crippen LogP contribution in [0.3, 0.4) is 0 Å². The van der Waals surface area contributed by atoms with Gasteiger partial charge in [-0.15, -0.1) is 0 Å². The van der Waals surface area contributed by atoms with E-state index in [0.29, 0.717) is 10.0 Å². The number of benzene rings is 1. The molecule has 0 aromatic heterocycles. The van der Waals surface area contributed by atoms with Crippen molar-refractivity contribution in [3.63, 3.8) is 0 Å². The molecule has 0 saturated heterocycles. The number of nitrogens with one attached hydrogen (secondary N) is 1. The van der Waals surface area contributed by atoms with Gasteiger partial charge >= 0.3 is 0 Å². The summed E-state index contributed by atoms with van der Waals surface area (Å²) in [5.41, 5.74) is 1.17. The van der Waals surface area contributed by atoms with E-state index in [1.54, 1.807) is 0 Å². The zero-order valence-electron chi connectivity index (χ0n) is 11.7. The molecule has 0 radical (unpaired) electrons. The number of hydrogen-bond acceptors (Lipinski definition) is 2. The molecule has 1 atom stereocenters. The lowest BCUT2D eigenvalue weighted by Crippen LogP contribution is -2.23.